The maximum absolute atomic E-state index is 15.4. The van der Waals surface area contributed by atoms with Crippen LogP contribution in [0, 0.1) is 5.92 Å². The molecule has 10 atom stereocenters. The van der Waals surface area contributed by atoms with Gasteiger partial charge in [0.05, 0.1) is 6.61 Å². The fourth-order valence-electron chi connectivity index (χ4n) is 12.9. The molecular formula is C81H103ClN16O15. The molecule has 0 radical (unpaired) electrons. The Labute approximate surface area is 661 Å². The maximum Gasteiger partial charge on any atom is 0.269 e. The van der Waals surface area contributed by atoms with E-state index in [0.717, 1.165) is 10.8 Å². The number of anilines is 2. The van der Waals surface area contributed by atoms with Crippen molar-refractivity contribution < 1.29 is 72.2 Å². The fourth-order valence-corrected chi connectivity index (χ4v) is 13.0. The highest BCUT2D eigenvalue weighted by Crippen LogP contribution is 2.24. The second-order valence-corrected chi connectivity index (χ2v) is 29.2. The number of hydrogen-bond acceptors (Lipinski definition) is 18. The quantitative estimate of drug-likeness (QED) is 0.0113. The molecule has 1 aromatic heterocycles. The number of nitrogens with one attached hydrogen (secondary N) is 13. The third-order valence-corrected chi connectivity index (χ3v) is 19.0. The van der Waals surface area contributed by atoms with Gasteiger partial charge in [0.2, 0.25) is 82.3 Å². The predicted molar refractivity (Wildman–Crippen MR) is 424 cm³/mol. The average molecular weight is 1580 g/mol. The van der Waals surface area contributed by atoms with Crippen LogP contribution in [0.5, 0.6) is 0 Å². The first-order chi connectivity index (χ1) is 53.8. The lowest BCUT2D eigenvalue weighted by Gasteiger charge is -2.34. The normalized spacial score (nSPS) is 15.2. The van der Waals surface area contributed by atoms with E-state index in [-0.39, 0.29) is 73.5 Å². The van der Waals surface area contributed by atoms with Crippen molar-refractivity contribution in [3.8, 4) is 0 Å². The number of Topliss-reactive ketones (excluding diaryl/α,β-unsaturated/α-hetero) is 1. The van der Waals surface area contributed by atoms with Crippen molar-refractivity contribution in [1.82, 2.24) is 68.4 Å². The lowest BCUT2D eigenvalue weighted by atomic mass is 9.94. The van der Waals surface area contributed by atoms with E-state index >= 15 is 24.0 Å². The molecule has 1 saturated heterocycles. The van der Waals surface area contributed by atoms with Crippen molar-refractivity contribution in [1.29, 1.82) is 0 Å². The van der Waals surface area contributed by atoms with Crippen LogP contribution in [0.15, 0.2) is 140 Å². The van der Waals surface area contributed by atoms with E-state index in [1.165, 1.54) is 94.5 Å². The number of carbonyl (C=O) groups is 14. The van der Waals surface area contributed by atoms with Gasteiger partial charge in [0, 0.05) is 93.4 Å². The molecule has 1 fully saturated rings. The first kappa shape index (κ1) is 88.7. The maximum atomic E-state index is 15.4. The van der Waals surface area contributed by atoms with Crippen LogP contribution in [0.3, 0.4) is 0 Å². The number of fused-ring (bicyclic) bond motifs is 1. The van der Waals surface area contributed by atoms with Gasteiger partial charge >= 0.3 is 0 Å². The smallest absolute Gasteiger partial charge is 0.269 e. The highest BCUT2D eigenvalue weighted by Gasteiger charge is 2.49. The number of aliphatic hydroxyl groups excluding tert-OH is 1. The molecule has 16 N–H and O–H groups in total. The minimum atomic E-state index is -2.79. The monoisotopic (exact) mass is 1570 g/mol. The number of likely N-dealkylation sites (N-methyl/N-ethyl adjacent to an activating group) is 1. The molecule has 1 aliphatic heterocycles. The molecular weight excluding hydrogens is 1470 g/mol. The summed E-state index contributed by atoms with van der Waals surface area (Å²) < 4.78 is 0. The van der Waals surface area contributed by atoms with Gasteiger partial charge < -0.3 is 79.5 Å². The second kappa shape index (κ2) is 42.8. The average Bonchev–Trinajstić information content (AvgIpc) is 1.17. The zero-order valence-corrected chi connectivity index (χ0v) is 65.6. The van der Waals surface area contributed by atoms with Crippen LogP contribution in [0.4, 0.5) is 11.4 Å². The molecule has 7 rings (SSSR count). The number of hydrogen-bond donors (Lipinski definition) is 15. The number of rotatable bonds is 41. The number of carbonyl (C=O) groups excluding carboxylic acids is 14. The molecule has 6 aromatic rings. The van der Waals surface area contributed by atoms with Crippen LogP contribution in [-0.2, 0) is 88.0 Å². The Balaban J connectivity index is 1.21. The van der Waals surface area contributed by atoms with Crippen LogP contribution in [0.25, 0.3) is 10.8 Å². The van der Waals surface area contributed by atoms with E-state index in [4.69, 9.17) is 17.3 Å². The van der Waals surface area contributed by atoms with Gasteiger partial charge in [-0.25, -0.2) is 0 Å². The summed E-state index contributed by atoms with van der Waals surface area (Å²) in [5.74, 6) is -12.0. The number of primary amides is 1. The topological polar surface area (TPSA) is 458 Å². The number of aromatic nitrogens is 1. The minimum Gasteiger partial charge on any atom is -0.394 e. The summed E-state index contributed by atoms with van der Waals surface area (Å²) in [6, 6.07) is 20.9. The number of nitrogens with two attached hydrogens (primary N) is 1. The van der Waals surface area contributed by atoms with Gasteiger partial charge in [0.15, 0.2) is 0 Å². The van der Waals surface area contributed by atoms with Gasteiger partial charge in [0.1, 0.15) is 54.4 Å². The van der Waals surface area contributed by atoms with Gasteiger partial charge in [-0.05, 0) is 153 Å². The van der Waals surface area contributed by atoms with E-state index in [0.29, 0.717) is 59.4 Å². The molecule has 0 aliphatic carbocycles. The van der Waals surface area contributed by atoms with Crippen molar-refractivity contribution in [3.63, 3.8) is 0 Å². The number of pyridine rings is 1. The van der Waals surface area contributed by atoms with Crippen molar-refractivity contribution in [2.45, 2.75) is 186 Å². The molecule has 1 aliphatic rings. The van der Waals surface area contributed by atoms with Gasteiger partial charge in [-0.15, -0.1) is 0 Å². The third kappa shape index (κ3) is 26.8. The molecule has 0 spiro atoms. The number of nitrogens with zero attached hydrogens (tertiary/aromatic N) is 2. The zero-order valence-electron chi connectivity index (χ0n) is 64.8. The lowest BCUT2D eigenvalue weighted by Crippen LogP contribution is -2.74. The van der Waals surface area contributed by atoms with Gasteiger partial charge in [-0.2, -0.15) is 0 Å². The molecule has 31 nitrogen and oxygen atoms in total. The van der Waals surface area contributed by atoms with Crippen LogP contribution in [-0.4, -0.2) is 190 Å². The molecule has 13 amide bonds. The molecule has 0 saturated carbocycles. The molecule has 5 aromatic carbocycles. The zero-order chi connectivity index (χ0) is 82.6. The van der Waals surface area contributed by atoms with Crippen LogP contribution in [0.1, 0.15) is 127 Å². The SMILES string of the molecule is CN[C@](NC(=O)[C@@H](Cc1ccc2ccccc2c1)NC(C)=O)(C(=O)N[C@H](Cc1cccnc1)C(=O)N[C@@H](CO)C(=O)N[C@@H](Cc1ccc(NC(C)=O)cc1)C(=O)N[C@H](Cc1ccc(NC(C)=O)cc1)C(=O)N[C@@H](CC(C)C)C(=O)N[C@@H](CCCCNC(C)C)C(=O)N1CCC[C@H]1C(=O)N[C@H](C)C(N)=O)C(=O)c1ccc(Cl)cc1. The predicted octanol–water partition coefficient (Wildman–Crippen LogP) is 2.59. The standard InChI is InChI=1S/C81H103ClN16O15/c1-46(2)38-63(72(105)91-62(19-12-13-36-86-47(3)4)79(112)98-37-15-20-69(98)78(111)87-48(5)71(83)104)92-73(106)64(40-52-22-31-60(32-23-52)88-49(6)100)93-74(107)65(41-53-24-33-61(34-25-53)89-50(7)101)94-76(109)68(45-99)95-75(108)66(43-55-16-14-35-85-44-55)96-80(113)81(84-9,70(103)57-27-29-59(82)30-28-57)97-77(110)67(90-51(8)102)42-54-21-26-56-17-10-11-18-58(56)39-54/h10-11,14,16-18,21-35,39,44,46-48,62-69,84,86,99H,12-13,15,19-20,36-38,40-43,45H2,1-9H3,(H2,83,104)(H,87,111)(H,88,100)(H,89,101)(H,90,102)(H,91,105)(H,92,106)(H,93,107)(H,94,109)(H,95,108)(H,96,113)(H,97,110)/t48-,62+,63+,64-,65+,66-,67-,68+,69+,81-/m1/s1. The molecule has 32 heteroatoms. The van der Waals surface area contributed by atoms with E-state index in [9.17, 15) is 48.3 Å². The third-order valence-electron chi connectivity index (χ3n) is 18.8. The largest absolute Gasteiger partial charge is 0.394 e. The molecule has 2 heterocycles. The number of aliphatic hydroxyl groups is 1. The van der Waals surface area contributed by atoms with Gasteiger partial charge in [-0.1, -0.05) is 112 Å². The van der Waals surface area contributed by atoms with E-state index < -0.39 is 150 Å². The van der Waals surface area contributed by atoms with Gasteiger partial charge in [0.25, 0.3) is 5.91 Å². The molecule has 0 unspecified atom stereocenters. The number of unbranched alkanes of at least 4 members (excludes halogenated alkanes) is 1. The lowest BCUT2D eigenvalue weighted by molar-refractivity contribution is -0.142. The van der Waals surface area contributed by atoms with Crippen LogP contribution < -0.4 is 74.9 Å². The number of ketones is 1. The number of halogens is 1. The Morgan fingerprint density at radius 2 is 1.06 bits per heavy atom. The first-order valence-corrected chi connectivity index (χ1v) is 37.9. The van der Waals surface area contributed by atoms with Gasteiger partial charge in [-0.3, -0.25) is 77.4 Å². The Morgan fingerprint density at radius 3 is 1.59 bits per heavy atom. The first-order valence-electron chi connectivity index (χ1n) is 37.5. The summed E-state index contributed by atoms with van der Waals surface area (Å²) in [6.45, 7) is 12.4. The highest BCUT2D eigenvalue weighted by molar-refractivity contribution is 6.31. The Morgan fingerprint density at radius 1 is 0.549 bits per heavy atom. The van der Waals surface area contributed by atoms with E-state index in [1.807, 2.05) is 50.2 Å². The summed E-state index contributed by atoms with van der Waals surface area (Å²) in [5, 5.41) is 48.2. The van der Waals surface area contributed by atoms with Crippen molar-refractivity contribution in [2.75, 3.05) is 37.4 Å². The number of benzene rings is 5. The van der Waals surface area contributed by atoms with E-state index in [2.05, 4.69) is 74.1 Å². The Hall–Kier alpha value is -11.5. The molecule has 0 bridgehead atoms. The van der Waals surface area contributed by atoms with Crippen molar-refractivity contribution in [2.24, 2.45) is 11.7 Å². The summed E-state index contributed by atoms with van der Waals surface area (Å²) in [6.07, 6.45) is 3.50. The second-order valence-electron chi connectivity index (χ2n) is 28.8. The number of likely N-dealkylation sites (tertiary alicyclic amines) is 1. The number of amides is 13. The highest BCUT2D eigenvalue weighted by atomic mass is 35.5. The Kier molecular flexibility index (Phi) is 33.5. The fraction of sp³-hybridized carbons (Fsp3) is 0.420. The molecule has 113 heavy (non-hydrogen) atoms. The summed E-state index contributed by atoms with van der Waals surface area (Å²) in [7, 11) is 1.20. The minimum absolute atomic E-state index is 0.00103. The summed E-state index contributed by atoms with van der Waals surface area (Å²) in [5.41, 5.74) is 5.01. The summed E-state index contributed by atoms with van der Waals surface area (Å²) in [4.78, 5) is 204. The van der Waals surface area contributed by atoms with E-state index in [1.54, 1.807) is 62.4 Å². The Bertz CT molecular complexity index is 4360. The molecule has 604 valence electrons. The van der Waals surface area contributed by atoms with Crippen molar-refractivity contribution >= 4 is 116 Å². The van der Waals surface area contributed by atoms with Crippen molar-refractivity contribution in [3.05, 3.63) is 173 Å². The van der Waals surface area contributed by atoms with Crippen LogP contribution in [0.2, 0.25) is 5.02 Å². The van der Waals surface area contributed by atoms with Crippen LogP contribution >= 0.6 is 11.6 Å². The summed E-state index contributed by atoms with van der Waals surface area (Å²) >= 11 is 6.25.